The summed E-state index contributed by atoms with van der Waals surface area (Å²) in [5.74, 6) is -0.0519. The number of hydrazine groups is 1. The molecule has 4 nitrogen and oxygen atoms in total. The van der Waals surface area contributed by atoms with Crippen LogP contribution in [0.4, 0.5) is 0 Å². The van der Waals surface area contributed by atoms with Gasteiger partial charge in [0.1, 0.15) is 5.58 Å². The van der Waals surface area contributed by atoms with Gasteiger partial charge in [0.05, 0.1) is 11.8 Å². The average Bonchev–Trinajstić information content (AvgIpc) is 2.87. The Labute approximate surface area is 106 Å². The van der Waals surface area contributed by atoms with Crippen LogP contribution in [-0.2, 0) is 0 Å². The van der Waals surface area contributed by atoms with Gasteiger partial charge in [-0.2, -0.15) is 0 Å². The summed E-state index contributed by atoms with van der Waals surface area (Å²) in [7, 11) is 0. The third-order valence-corrected chi connectivity index (χ3v) is 3.36. The van der Waals surface area contributed by atoms with Gasteiger partial charge in [0.2, 0.25) is 0 Å². The Balaban J connectivity index is 1.81. The molecule has 1 aliphatic rings. The van der Waals surface area contributed by atoms with Gasteiger partial charge in [-0.15, -0.1) is 0 Å². The van der Waals surface area contributed by atoms with Crippen molar-refractivity contribution in [3.05, 3.63) is 36.1 Å². The number of benzene rings is 1. The van der Waals surface area contributed by atoms with Crippen molar-refractivity contribution in [3.63, 3.8) is 0 Å². The Hall–Kier alpha value is -1.81. The second-order valence-electron chi connectivity index (χ2n) is 4.63. The lowest BCUT2D eigenvalue weighted by molar-refractivity contribution is 0.0752. The topological polar surface area (TPSA) is 45.5 Å². The van der Waals surface area contributed by atoms with Gasteiger partial charge in [0, 0.05) is 18.5 Å². The summed E-state index contributed by atoms with van der Waals surface area (Å²) in [6, 6.07) is 7.38. The molecule has 0 atom stereocenters. The summed E-state index contributed by atoms with van der Waals surface area (Å²) in [6.07, 6.45) is 5.17. The molecule has 0 spiro atoms. The van der Waals surface area contributed by atoms with Crippen LogP contribution in [0.5, 0.6) is 0 Å². The Morgan fingerprint density at radius 3 is 2.83 bits per heavy atom. The first-order valence-electron chi connectivity index (χ1n) is 6.37. The molecule has 1 aromatic carbocycles. The summed E-state index contributed by atoms with van der Waals surface area (Å²) in [4.78, 5) is 12.2. The zero-order chi connectivity index (χ0) is 12.4. The molecule has 18 heavy (non-hydrogen) atoms. The van der Waals surface area contributed by atoms with Crippen molar-refractivity contribution >= 4 is 16.9 Å². The third kappa shape index (κ3) is 2.11. The van der Waals surface area contributed by atoms with E-state index in [-0.39, 0.29) is 5.91 Å². The highest BCUT2D eigenvalue weighted by molar-refractivity contribution is 6.05. The van der Waals surface area contributed by atoms with Crippen LogP contribution in [0.15, 0.2) is 34.9 Å². The molecule has 1 aromatic heterocycles. The minimum absolute atomic E-state index is 0.0519. The van der Waals surface area contributed by atoms with Crippen molar-refractivity contribution < 1.29 is 9.21 Å². The highest BCUT2D eigenvalue weighted by Crippen LogP contribution is 2.20. The van der Waals surface area contributed by atoms with Crippen LogP contribution in [0.1, 0.15) is 29.6 Å². The van der Waals surface area contributed by atoms with E-state index in [2.05, 4.69) is 5.43 Å². The van der Waals surface area contributed by atoms with Gasteiger partial charge >= 0.3 is 0 Å². The lowest BCUT2D eigenvalue weighted by atomic mass is 10.1. The number of piperidine rings is 1. The molecule has 0 bridgehead atoms. The molecule has 1 fully saturated rings. The SMILES string of the molecule is O=C(NN1CCCCC1)c1cccc2occc12. The van der Waals surface area contributed by atoms with Gasteiger partial charge in [-0.1, -0.05) is 12.5 Å². The first-order chi connectivity index (χ1) is 8.84. The van der Waals surface area contributed by atoms with Crippen LogP contribution in [0.25, 0.3) is 11.0 Å². The first kappa shape index (κ1) is 11.3. The number of rotatable bonds is 2. The van der Waals surface area contributed by atoms with Crippen LogP contribution in [-0.4, -0.2) is 24.0 Å². The zero-order valence-electron chi connectivity index (χ0n) is 10.2. The van der Waals surface area contributed by atoms with Gasteiger partial charge < -0.3 is 4.42 Å². The summed E-state index contributed by atoms with van der Waals surface area (Å²) in [5, 5.41) is 2.87. The number of hydrogen-bond donors (Lipinski definition) is 1. The van der Waals surface area contributed by atoms with Gasteiger partial charge in [-0.05, 0) is 31.0 Å². The molecule has 0 radical (unpaired) electrons. The van der Waals surface area contributed by atoms with E-state index in [9.17, 15) is 4.79 Å². The number of fused-ring (bicyclic) bond motifs is 1. The smallest absolute Gasteiger partial charge is 0.266 e. The van der Waals surface area contributed by atoms with Crippen molar-refractivity contribution in [3.8, 4) is 0 Å². The molecule has 1 N–H and O–H groups in total. The van der Waals surface area contributed by atoms with Crippen LogP contribution >= 0.6 is 0 Å². The summed E-state index contributed by atoms with van der Waals surface area (Å²) in [5.41, 5.74) is 4.39. The minimum Gasteiger partial charge on any atom is -0.464 e. The molecular weight excluding hydrogens is 228 g/mol. The number of carbonyl (C=O) groups excluding carboxylic acids is 1. The van der Waals surface area contributed by atoms with Crippen LogP contribution < -0.4 is 5.43 Å². The van der Waals surface area contributed by atoms with Crippen LogP contribution in [0.2, 0.25) is 0 Å². The van der Waals surface area contributed by atoms with E-state index >= 15 is 0 Å². The van der Waals surface area contributed by atoms with Gasteiger partial charge in [-0.3, -0.25) is 10.2 Å². The number of hydrogen-bond acceptors (Lipinski definition) is 3. The number of furan rings is 1. The minimum atomic E-state index is -0.0519. The molecule has 94 valence electrons. The molecule has 0 unspecified atom stereocenters. The number of carbonyl (C=O) groups is 1. The highest BCUT2D eigenvalue weighted by Gasteiger charge is 2.16. The molecule has 3 rings (SSSR count). The fraction of sp³-hybridized carbons (Fsp3) is 0.357. The fourth-order valence-corrected chi connectivity index (χ4v) is 2.40. The summed E-state index contributed by atoms with van der Waals surface area (Å²) in [6.45, 7) is 1.88. The Morgan fingerprint density at radius 2 is 2.00 bits per heavy atom. The maximum atomic E-state index is 12.2. The fourth-order valence-electron chi connectivity index (χ4n) is 2.40. The molecule has 2 heterocycles. The maximum absolute atomic E-state index is 12.2. The molecule has 1 saturated heterocycles. The molecule has 1 aliphatic heterocycles. The van der Waals surface area contributed by atoms with E-state index < -0.39 is 0 Å². The summed E-state index contributed by atoms with van der Waals surface area (Å²) >= 11 is 0. The second-order valence-corrected chi connectivity index (χ2v) is 4.63. The van der Waals surface area contributed by atoms with Crippen LogP contribution in [0, 0.1) is 0 Å². The van der Waals surface area contributed by atoms with Crippen LogP contribution in [0.3, 0.4) is 0 Å². The van der Waals surface area contributed by atoms with Crippen molar-refractivity contribution in [2.45, 2.75) is 19.3 Å². The predicted molar refractivity (Wildman–Crippen MR) is 69.1 cm³/mol. The van der Waals surface area contributed by atoms with Crippen molar-refractivity contribution in [2.24, 2.45) is 0 Å². The van der Waals surface area contributed by atoms with Crippen molar-refractivity contribution in [1.29, 1.82) is 0 Å². The largest absolute Gasteiger partial charge is 0.464 e. The third-order valence-electron chi connectivity index (χ3n) is 3.36. The van der Waals surface area contributed by atoms with E-state index in [1.165, 1.54) is 6.42 Å². The summed E-state index contributed by atoms with van der Waals surface area (Å²) < 4.78 is 5.31. The second kappa shape index (κ2) is 4.82. The van der Waals surface area contributed by atoms with Gasteiger partial charge in [0.15, 0.2) is 0 Å². The van der Waals surface area contributed by atoms with E-state index in [1.54, 1.807) is 6.26 Å². The molecular formula is C14H16N2O2. The lowest BCUT2D eigenvalue weighted by Crippen LogP contribution is -2.45. The van der Waals surface area contributed by atoms with E-state index in [1.807, 2.05) is 29.3 Å². The predicted octanol–water partition coefficient (Wildman–Crippen LogP) is 2.56. The first-order valence-corrected chi connectivity index (χ1v) is 6.37. The molecule has 0 saturated carbocycles. The molecule has 0 aliphatic carbocycles. The van der Waals surface area contributed by atoms with Gasteiger partial charge in [0.25, 0.3) is 5.91 Å². The zero-order valence-corrected chi connectivity index (χ0v) is 10.2. The molecule has 2 aromatic rings. The van der Waals surface area contributed by atoms with E-state index in [4.69, 9.17) is 4.42 Å². The maximum Gasteiger partial charge on any atom is 0.266 e. The van der Waals surface area contributed by atoms with E-state index in [0.717, 1.165) is 36.9 Å². The number of nitrogens with zero attached hydrogens (tertiary/aromatic N) is 1. The van der Waals surface area contributed by atoms with Crippen molar-refractivity contribution in [2.75, 3.05) is 13.1 Å². The van der Waals surface area contributed by atoms with E-state index in [0.29, 0.717) is 5.56 Å². The standard InChI is InChI=1S/C14H16N2O2/c17-14(15-16-8-2-1-3-9-16)12-5-4-6-13-11(12)7-10-18-13/h4-7,10H,1-3,8-9H2,(H,15,17). The lowest BCUT2D eigenvalue weighted by Gasteiger charge is -2.26. The number of amides is 1. The average molecular weight is 244 g/mol. The Morgan fingerprint density at radius 1 is 1.17 bits per heavy atom. The van der Waals surface area contributed by atoms with Gasteiger partial charge in [-0.25, -0.2) is 5.01 Å². The monoisotopic (exact) mass is 244 g/mol. The quantitative estimate of drug-likeness (QED) is 0.883. The van der Waals surface area contributed by atoms with Crippen molar-refractivity contribution in [1.82, 2.24) is 10.4 Å². The normalized spacial score (nSPS) is 16.9. The molecule has 4 heteroatoms. The highest BCUT2D eigenvalue weighted by atomic mass is 16.3. The Bertz CT molecular complexity index is 556. The Kier molecular flexibility index (Phi) is 3.02. The molecule has 1 amide bonds. The number of nitrogens with one attached hydrogen (secondary N) is 1.